The maximum atomic E-state index is 13.2. The van der Waals surface area contributed by atoms with E-state index in [1.807, 2.05) is 36.1 Å². The molecule has 24 heavy (non-hydrogen) atoms. The molecule has 124 valence electrons. The fourth-order valence-corrected chi connectivity index (χ4v) is 3.57. The lowest BCUT2D eigenvalue weighted by atomic mass is 10.1. The van der Waals surface area contributed by atoms with Crippen LogP contribution in [0.1, 0.15) is 22.8 Å². The van der Waals surface area contributed by atoms with Crippen molar-refractivity contribution in [3.05, 3.63) is 47.5 Å². The molecule has 0 bridgehead atoms. The van der Waals surface area contributed by atoms with Gasteiger partial charge in [-0.05, 0) is 31.0 Å². The van der Waals surface area contributed by atoms with Gasteiger partial charge in [-0.2, -0.15) is 0 Å². The number of para-hydroxylation sites is 1. The number of ether oxygens (including phenoxy) is 2. The van der Waals surface area contributed by atoms with Gasteiger partial charge in [0.05, 0.1) is 31.0 Å². The van der Waals surface area contributed by atoms with E-state index in [0.717, 1.165) is 17.8 Å². The summed E-state index contributed by atoms with van der Waals surface area (Å²) in [7, 11) is 1.59. The highest BCUT2D eigenvalue weighted by Gasteiger charge is 2.37. The third-order valence-corrected chi connectivity index (χ3v) is 4.65. The SMILES string of the molecule is CCOc1cc2c(cc1OC)C(=O)N1c3ccccc3CC1CN2. The third kappa shape index (κ3) is 2.19. The van der Waals surface area contributed by atoms with E-state index in [4.69, 9.17) is 9.47 Å². The monoisotopic (exact) mass is 324 g/mol. The van der Waals surface area contributed by atoms with Gasteiger partial charge in [-0.3, -0.25) is 4.79 Å². The van der Waals surface area contributed by atoms with E-state index in [1.54, 1.807) is 13.2 Å². The summed E-state index contributed by atoms with van der Waals surface area (Å²) in [5, 5.41) is 3.41. The van der Waals surface area contributed by atoms with Crippen LogP contribution in [-0.2, 0) is 6.42 Å². The van der Waals surface area contributed by atoms with Gasteiger partial charge in [0.15, 0.2) is 11.5 Å². The molecule has 1 unspecified atom stereocenters. The Morgan fingerprint density at radius 2 is 2.08 bits per heavy atom. The number of hydrogen-bond acceptors (Lipinski definition) is 4. The molecule has 2 aromatic carbocycles. The number of rotatable bonds is 3. The predicted molar refractivity (Wildman–Crippen MR) is 93.4 cm³/mol. The highest BCUT2D eigenvalue weighted by molar-refractivity contribution is 6.12. The zero-order valence-electron chi connectivity index (χ0n) is 13.8. The molecule has 2 aliphatic heterocycles. The summed E-state index contributed by atoms with van der Waals surface area (Å²) in [5.74, 6) is 1.24. The number of amides is 1. The largest absolute Gasteiger partial charge is 0.493 e. The van der Waals surface area contributed by atoms with Crippen LogP contribution in [-0.4, -0.2) is 32.2 Å². The summed E-state index contributed by atoms with van der Waals surface area (Å²) in [5.41, 5.74) is 3.65. The van der Waals surface area contributed by atoms with Gasteiger partial charge >= 0.3 is 0 Å². The first kappa shape index (κ1) is 14.9. The summed E-state index contributed by atoms with van der Waals surface area (Å²) in [4.78, 5) is 15.1. The van der Waals surface area contributed by atoms with E-state index in [1.165, 1.54) is 5.56 Å². The Balaban J connectivity index is 1.80. The number of carbonyl (C=O) groups excluding carboxylic acids is 1. The zero-order valence-corrected chi connectivity index (χ0v) is 13.8. The van der Waals surface area contributed by atoms with Gasteiger partial charge < -0.3 is 19.7 Å². The Kier molecular flexibility index (Phi) is 3.56. The van der Waals surface area contributed by atoms with Crippen LogP contribution >= 0.6 is 0 Å². The minimum atomic E-state index is 0.00583. The third-order valence-electron chi connectivity index (χ3n) is 4.65. The van der Waals surface area contributed by atoms with Crippen LogP contribution in [0.25, 0.3) is 0 Å². The second kappa shape index (κ2) is 5.74. The van der Waals surface area contributed by atoms with Crippen molar-refractivity contribution >= 4 is 17.3 Å². The summed E-state index contributed by atoms with van der Waals surface area (Å²) >= 11 is 0. The number of benzene rings is 2. The van der Waals surface area contributed by atoms with Crippen molar-refractivity contribution in [2.45, 2.75) is 19.4 Å². The summed E-state index contributed by atoms with van der Waals surface area (Å²) < 4.78 is 11.0. The van der Waals surface area contributed by atoms with E-state index in [-0.39, 0.29) is 11.9 Å². The van der Waals surface area contributed by atoms with Crippen molar-refractivity contribution in [3.63, 3.8) is 0 Å². The molecular weight excluding hydrogens is 304 g/mol. The summed E-state index contributed by atoms with van der Waals surface area (Å²) in [6.45, 7) is 3.19. The molecule has 0 saturated carbocycles. The van der Waals surface area contributed by atoms with Crippen LogP contribution in [0.5, 0.6) is 11.5 Å². The molecule has 1 amide bonds. The number of fused-ring (bicyclic) bond motifs is 4. The molecule has 0 spiro atoms. The van der Waals surface area contributed by atoms with Crippen molar-refractivity contribution in [1.29, 1.82) is 0 Å². The second-order valence-electron chi connectivity index (χ2n) is 6.02. The number of anilines is 2. The normalized spacial score (nSPS) is 18.2. The Labute approximate surface area is 141 Å². The van der Waals surface area contributed by atoms with Crippen molar-refractivity contribution in [1.82, 2.24) is 0 Å². The first-order chi connectivity index (χ1) is 11.7. The average molecular weight is 324 g/mol. The molecule has 5 heteroatoms. The number of carbonyl (C=O) groups is 1. The number of nitrogens with zero attached hydrogens (tertiary/aromatic N) is 1. The number of nitrogens with one attached hydrogen (secondary N) is 1. The number of hydrogen-bond donors (Lipinski definition) is 1. The minimum absolute atomic E-state index is 0.00583. The quantitative estimate of drug-likeness (QED) is 0.942. The van der Waals surface area contributed by atoms with Crippen LogP contribution in [0.15, 0.2) is 36.4 Å². The van der Waals surface area contributed by atoms with Gasteiger partial charge in [0, 0.05) is 18.3 Å². The van der Waals surface area contributed by atoms with E-state index in [0.29, 0.717) is 30.2 Å². The molecule has 1 N–H and O–H groups in total. The molecule has 0 aromatic heterocycles. The van der Waals surface area contributed by atoms with E-state index >= 15 is 0 Å². The molecule has 4 rings (SSSR count). The predicted octanol–water partition coefficient (Wildman–Crippen LogP) is 3.09. The van der Waals surface area contributed by atoms with Gasteiger partial charge in [0.1, 0.15) is 0 Å². The van der Waals surface area contributed by atoms with Gasteiger partial charge in [0.2, 0.25) is 0 Å². The van der Waals surface area contributed by atoms with E-state index in [2.05, 4.69) is 11.4 Å². The summed E-state index contributed by atoms with van der Waals surface area (Å²) in [6, 6.07) is 11.9. The van der Waals surface area contributed by atoms with Crippen LogP contribution in [0.2, 0.25) is 0 Å². The van der Waals surface area contributed by atoms with Gasteiger partial charge in [-0.15, -0.1) is 0 Å². The van der Waals surface area contributed by atoms with Crippen LogP contribution < -0.4 is 19.7 Å². The maximum Gasteiger partial charge on any atom is 0.260 e. The number of methoxy groups -OCH3 is 1. The lowest BCUT2D eigenvalue weighted by molar-refractivity contribution is 0.0983. The first-order valence-corrected chi connectivity index (χ1v) is 8.23. The van der Waals surface area contributed by atoms with Crippen LogP contribution in [0.3, 0.4) is 0 Å². The Morgan fingerprint density at radius 1 is 1.25 bits per heavy atom. The van der Waals surface area contributed by atoms with Crippen molar-refractivity contribution in [2.75, 3.05) is 30.5 Å². The van der Waals surface area contributed by atoms with Crippen molar-refractivity contribution in [3.8, 4) is 11.5 Å². The standard InChI is InChI=1S/C19H20N2O3/c1-3-24-18-10-15-14(9-17(18)23-2)19(22)21-13(11-20-15)8-12-6-4-5-7-16(12)21/h4-7,9-10,13,20H,3,8,11H2,1-2H3. The maximum absolute atomic E-state index is 13.2. The fraction of sp³-hybridized carbons (Fsp3) is 0.316. The summed E-state index contributed by atoms with van der Waals surface area (Å²) in [6.07, 6.45) is 0.873. The highest BCUT2D eigenvalue weighted by Crippen LogP contribution is 2.40. The lowest BCUT2D eigenvalue weighted by Crippen LogP contribution is -2.39. The Hall–Kier alpha value is -2.69. The van der Waals surface area contributed by atoms with Gasteiger partial charge in [0.25, 0.3) is 5.91 Å². The van der Waals surface area contributed by atoms with Crippen molar-refractivity contribution in [2.24, 2.45) is 0 Å². The first-order valence-electron chi connectivity index (χ1n) is 8.23. The molecular formula is C19H20N2O3. The second-order valence-corrected chi connectivity index (χ2v) is 6.02. The average Bonchev–Trinajstić information content (AvgIpc) is 2.92. The lowest BCUT2D eigenvalue weighted by Gasteiger charge is -2.22. The topological polar surface area (TPSA) is 50.8 Å². The highest BCUT2D eigenvalue weighted by atomic mass is 16.5. The molecule has 2 aliphatic rings. The van der Waals surface area contributed by atoms with Gasteiger partial charge in [-0.25, -0.2) is 0 Å². The fourth-order valence-electron chi connectivity index (χ4n) is 3.57. The van der Waals surface area contributed by atoms with Crippen LogP contribution in [0.4, 0.5) is 11.4 Å². The Bertz CT molecular complexity index is 803. The molecule has 1 atom stereocenters. The van der Waals surface area contributed by atoms with E-state index < -0.39 is 0 Å². The molecule has 0 aliphatic carbocycles. The molecule has 0 fully saturated rings. The Morgan fingerprint density at radius 3 is 2.88 bits per heavy atom. The minimum Gasteiger partial charge on any atom is -0.493 e. The zero-order chi connectivity index (χ0) is 16.7. The molecule has 2 aromatic rings. The smallest absolute Gasteiger partial charge is 0.260 e. The van der Waals surface area contributed by atoms with Gasteiger partial charge in [-0.1, -0.05) is 18.2 Å². The molecule has 0 saturated heterocycles. The van der Waals surface area contributed by atoms with Crippen LogP contribution in [0, 0.1) is 0 Å². The molecule has 2 heterocycles. The molecule has 5 nitrogen and oxygen atoms in total. The molecule has 0 radical (unpaired) electrons. The van der Waals surface area contributed by atoms with E-state index in [9.17, 15) is 4.79 Å². The van der Waals surface area contributed by atoms with Crippen molar-refractivity contribution < 1.29 is 14.3 Å².